The van der Waals surface area contributed by atoms with Crippen molar-refractivity contribution in [3.8, 4) is 5.75 Å². The van der Waals surface area contributed by atoms with E-state index < -0.39 is 0 Å². The third-order valence-corrected chi connectivity index (χ3v) is 2.07. The predicted octanol–water partition coefficient (Wildman–Crippen LogP) is 2.30. The second kappa shape index (κ2) is 6.61. The van der Waals surface area contributed by atoms with E-state index in [-0.39, 0.29) is 11.7 Å². The number of nitrogens with zero attached hydrogens (tertiary/aromatic N) is 1. The molecule has 0 spiro atoms. The van der Waals surface area contributed by atoms with E-state index in [2.05, 4.69) is 17.5 Å². The molecule has 0 heterocycles. The van der Waals surface area contributed by atoms with Gasteiger partial charge in [0.15, 0.2) is 0 Å². The SMILES string of the molecule is CCCC/C=N\NC(=O)c1ccc(O)cc1. The Morgan fingerprint density at radius 3 is 2.75 bits per heavy atom. The van der Waals surface area contributed by atoms with Gasteiger partial charge in [0.25, 0.3) is 5.91 Å². The van der Waals surface area contributed by atoms with Crippen LogP contribution < -0.4 is 5.43 Å². The number of amides is 1. The molecular weight excluding hydrogens is 204 g/mol. The molecule has 0 aliphatic rings. The molecule has 1 rings (SSSR count). The highest BCUT2D eigenvalue weighted by Gasteiger charge is 2.02. The topological polar surface area (TPSA) is 61.7 Å². The first-order chi connectivity index (χ1) is 7.74. The summed E-state index contributed by atoms with van der Waals surface area (Å²) >= 11 is 0. The van der Waals surface area contributed by atoms with Crippen molar-refractivity contribution in [2.24, 2.45) is 5.10 Å². The van der Waals surface area contributed by atoms with E-state index in [0.29, 0.717) is 5.56 Å². The monoisotopic (exact) mass is 220 g/mol. The average Bonchev–Trinajstić information content (AvgIpc) is 2.29. The van der Waals surface area contributed by atoms with Gasteiger partial charge in [0.2, 0.25) is 0 Å². The second-order valence-corrected chi connectivity index (χ2v) is 3.44. The van der Waals surface area contributed by atoms with Gasteiger partial charge in [0, 0.05) is 11.8 Å². The molecule has 1 aromatic carbocycles. The number of hydrazone groups is 1. The van der Waals surface area contributed by atoms with Gasteiger partial charge >= 0.3 is 0 Å². The number of benzene rings is 1. The van der Waals surface area contributed by atoms with Crippen molar-refractivity contribution in [3.05, 3.63) is 29.8 Å². The van der Waals surface area contributed by atoms with E-state index in [4.69, 9.17) is 5.11 Å². The van der Waals surface area contributed by atoms with Crippen LogP contribution >= 0.6 is 0 Å². The summed E-state index contributed by atoms with van der Waals surface area (Å²) < 4.78 is 0. The Labute approximate surface area is 95.0 Å². The van der Waals surface area contributed by atoms with Gasteiger partial charge in [-0.3, -0.25) is 4.79 Å². The van der Waals surface area contributed by atoms with E-state index in [9.17, 15) is 4.79 Å². The van der Waals surface area contributed by atoms with Gasteiger partial charge in [-0.1, -0.05) is 13.3 Å². The van der Waals surface area contributed by atoms with Crippen molar-refractivity contribution in [1.29, 1.82) is 0 Å². The molecule has 0 aromatic heterocycles. The molecule has 0 aliphatic carbocycles. The lowest BCUT2D eigenvalue weighted by Gasteiger charge is -1.99. The maximum absolute atomic E-state index is 11.5. The lowest BCUT2D eigenvalue weighted by molar-refractivity contribution is 0.0955. The Kier molecular flexibility index (Phi) is 5.05. The third-order valence-electron chi connectivity index (χ3n) is 2.07. The number of carbonyl (C=O) groups excluding carboxylic acids is 1. The first-order valence-electron chi connectivity index (χ1n) is 5.35. The Hall–Kier alpha value is -1.84. The number of hydrogen-bond donors (Lipinski definition) is 2. The minimum Gasteiger partial charge on any atom is -0.508 e. The number of hydrogen-bond acceptors (Lipinski definition) is 3. The number of rotatable bonds is 5. The van der Waals surface area contributed by atoms with Crippen LogP contribution in [0.5, 0.6) is 5.75 Å². The molecule has 2 N–H and O–H groups in total. The summed E-state index contributed by atoms with van der Waals surface area (Å²) in [5, 5.41) is 12.9. The summed E-state index contributed by atoms with van der Waals surface area (Å²) in [7, 11) is 0. The van der Waals surface area contributed by atoms with Crippen molar-refractivity contribution in [1.82, 2.24) is 5.43 Å². The molecule has 16 heavy (non-hydrogen) atoms. The normalized spacial score (nSPS) is 10.6. The Balaban J connectivity index is 2.40. The second-order valence-electron chi connectivity index (χ2n) is 3.44. The van der Waals surface area contributed by atoms with Gasteiger partial charge in [0.1, 0.15) is 5.75 Å². The van der Waals surface area contributed by atoms with Gasteiger partial charge in [-0.2, -0.15) is 5.10 Å². The van der Waals surface area contributed by atoms with Crippen molar-refractivity contribution in [2.45, 2.75) is 26.2 Å². The zero-order chi connectivity index (χ0) is 11.8. The van der Waals surface area contributed by atoms with Crippen LogP contribution in [0, 0.1) is 0 Å². The van der Waals surface area contributed by atoms with Crippen LogP contribution in [0.15, 0.2) is 29.4 Å². The lowest BCUT2D eigenvalue weighted by Crippen LogP contribution is -2.17. The highest BCUT2D eigenvalue weighted by molar-refractivity contribution is 5.94. The summed E-state index contributed by atoms with van der Waals surface area (Å²) in [6.07, 6.45) is 4.74. The van der Waals surface area contributed by atoms with E-state index in [1.165, 1.54) is 12.1 Å². The molecule has 0 fully saturated rings. The molecule has 4 nitrogen and oxygen atoms in total. The fourth-order valence-corrected chi connectivity index (χ4v) is 1.14. The molecule has 1 aromatic rings. The summed E-state index contributed by atoms with van der Waals surface area (Å²) in [6.45, 7) is 2.10. The highest BCUT2D eigenvalue weighted by atomic mass is 16.3. The van der Waals surface area contributed by atoms with Crippen molar-refractivity contribution < 1.29 is 9.90 Å². The van der Waals surface area contributed by atoms with Crippen LogP contribution in [0.25, 0.3) is 0 Å². The van der Waals surface area contributed by atoms with Crippen molar-refractivity contribution >= 4 is 12.1 Å². The summed E-state index contributed by atoms with van der Waals surface area (Å²) in [5.74, 6) is -0.129. The molecule has 0 saturated carbocycles. The average molecular weight is 220 g/mol. The van der Waals surface area contributed by atoms with Gasteiger partial charge in [-0.05, 0) is 37.1 Å². The fraction of sp³-hybridized carbons (Fsp3) is 0.333. The Bertz CT molecular complexity index is 358. The zero-order valence-corrected chi connectivity index (χ0v) is 9.31. The number of unbranched alkanes of at least 4 members (excludes halogenated alkanes) is 2. The largest absolute Gasteiger partial charge is 0.508 e. The zero-order valence-electron chi connectivity index (χ0n) is 9.31. The standard InChI is InChI=1S/C12H16N2O2/c1-2-3-4-9-13-14-12(16)10-5-7-11(15)8-6-10/h5-9,15H,2-4H2,1H3,(H,14,16)/b13-9-. The molecule has 86 valence electrons. The lowest BCUT2D eigenvalue weighted by atomic mass is 10.2. The summed E-state index contributed by atoms with van der Waals surface area (Å²) in [6, 6.07) is 6.03. The first kappa shape index (κ1) is 12.2. The molecule has 0 atom stereocenters. The Morgan fingerprint density at radius 2 is 2.12 bits per heavy atom. The van der Waals surface area contributed by atoms with Crippen LogP contribution in [0.4, 0.5) is 0 Å². The molecule has 1 amide bonds. The van der Waals surface area contributed by atoms with Gasteiger partial charge < -0.3 is 5.11 Å². The smallest absolute Gasteiger partial charge is 0.271 e. The minimum atomic E-state index is -0.271. The number of nitrogens with one attached hydrogen (secondary N) is 1. The van der Waals surface area contributed by atoms with Gasteiger partial charge in [0.05, 0.1) is 0 Å². The molecule has 0 unspecified atom stereocenters. The number of phenolic OH excluding ortho intramolecular Hbond substituents is 1. The predicted molar refractivity (Wildman–Crippen MR) is 63.6 cm³/mol. The molecule has 0 radical (unpaired) electrons. The van der Waals surface area contributed by atoms with Crippen LogP contribution in [0.2, 0.25) is 0 Å². The summed E-state index contributed by atoms with van der Waals surface area (Å²) in [5.41, 5.74) is 2.90. The Morgan fingerprint density at radius 1 is 1.44 bits per heavy atom. The van der Waals surface area contributed by atoms with Gasteiger partial charge in [-0.25, -0.2) is 5.43 Å². The molecule has 0 bridgehead atoms. The maximum Gasteiger partial charge on any atom is 0.271 e. The van der Waals surface area contributed by atoms with E-state index >= 15 is 0 Å². The number of aromatic hydroxyl groups is 1. The highest BCUT2D eigenvalue weighted by Crippen LogP contribution is 2.09. The van der Waals surface area contributed by atoms with Crippen LogP contribution in [-0.4, -0.2) is 17.2 Å². The van der Waals surface area contributed by atoms with E-state index in [0.717, 1.165) is 19.3 Å². The third kappa shape index (κ3) is 4.13. The van der Waals surface area contributed by atoms with Crippen LogP contribution in [0.3, 0.4) is 0 Å². The maximum atomic E-state index is 11.5. The van der Waals surface area contributed by atoms with Crippen LogP contribution in [-0.2, 0) is 0 Å². The molecule has 4 heteroatoms. The molecule has 0 aliphatic heterocycles. The molecular formula is C12H16N2O2. The van der Waals surface area contributed by atoms with Gasteiger partial charge in [-0.15, -0.1) is 0 Å². The fourth-order valence-electron chi connectivity index (χ4n) is 1.14. The first-order valence-corrected chi connectivity index (χ1v) is 5.35. The number of phenols is 1. The van der Waals surface area contributed by atoms with Crippen LogP contribution in [0.1, 0.15) is 36.5 Å². The minimum absolute atomic E-state index is 0.142. The van der Waals surface area contributed by atoms with E-state index in [1.807, 2.05) is 0 Å². The number of carbonyl (C=O) groups is 1. The quantitative estimate of drug-likeness (QED) is 0.454. The molecule has 0 saturated heterocycles. The van der Waals surface area contributed by atoms with E-state index in [1.54, 1.807) is 18.3 Å². The van der Waals surface area contributed by atoms with Crippen molar-refractivity contribution in [2.75, 3.05) is 0 Å². The summed E-state index contributed by atoms with van der Waals surface area (Å²) in [4.78, 5) is 11.5. The van der Waals surface area contributed by atoms with Crippen molar-refractivity contribution in [3.63, 3.8) is 0 Å².